The molecule has 0 aliphatic carbocycles. The molecule has 0 unspecified atom stereocenters. The van der Waals surface area contributed by atoms with E-state index in [9.17, 15) is 17.6 Å². The van der Waals surface area contributed by atoms with E-state index in [4.69, 9.17) is 4.74 Å². The van der Waals surface area contributed by atoms with Gasteiger partial charge in [0.05, 0.1) is 12.2 Å². The Kier molecular flexibility index (Phi) is 7.80. The van der Waals surface area contributed by atoms with E-state index in [1.807, 2.05) is 31.2 Å². The number of nitrogens with one attached hydrogen (secondary N) is 2. The summed E-state index contributed by atoms with van der Waals surface area (Å²) < 4.78 is 57.7. The van der Waals surface area contributed by atoms with E-state index in [1.165, 1.54) is 7.05 Å². The minimum atomic E-state index is -4.63. The van der Waals surface area contributed by atoms with Crippen molar-refractivity contribution in [3.63, 3.8) is 0 Å². The van der Waals surface area contributed by atoms with E-state index in [1.54, 1.807) is 0 Å². The standard InChI is InChI=1S/C20H23F4N3O/c1-3-28-13-15-6-4-14(5-7-15)11-26-19(25-2)27-12-16-8-9-17(21)10-18(16)20(22,23)24/h4-10H,3,11-13H2,1-2H3,(H2,25,26,27). The third kappa shape index (κ3) is 6.53. The summed E-state index contributed by atoms with van der Waals surface area (Å²) in [5.74, 6) is -0.581. The molecule has 2 aromatic carbocycles. The van der Waals surface area contributed by atoms with Crippen LogP contribution in [-0.4, -0.2) is 19.6 Å². The van der Waals surface area contributed by atoms with Crippen molar-refractivity contribution in [2.24, 2.45) is 4.99 Å². The second kappa shape index (κ2) is 10.1. The fourth-order valence-corrected chi connectivity index (χ4v) is 2.53. The number of halogens is 4. The first kappa shape index (κ1) is 21.7. The van der Waals surface area contributed by atoms with Gasteiger partial charge in [0, 0.05) is 26.7 Å². The third-order valence-electron chi connectivity index (χ3n) is 4.00. The van der Waals surface area contributed by atoms with Crippen LogP contribution in [-0.2, 0) is 30.6 Å². The normalized spacial score (nSPS) is 12.1. The lowest BCUT2D eigenvalue weighted by Gasteiger charge is -2.16. The van der Waals surface area contributed by atoms with Crippen molar-refractivity contribution in [2.75, 3.05) is 13.7 Å². The molecule has 0 fully saturated rings. The maximum atomic E-state index is 13.2. The smallest absolute Gasteiger partial charge is 0.377 e. The Labute approximate surface area is 161 Å². The summed E-state index contributed by atoms with van der Waals surface area (Å²) in [4.78, 5) is 4.00. The second-order valence-corrected chi connectivity index (χ2v) is 6.03. The van der Waals surface area contributed by atoms with Crippen molar-refractivity contribution in [2.45, 2.75) is 32.8 Å². The van der Waals surface area contributed by atoms with Crippen molar-refractivity contribution in [3.05, 3.63) is 70.5 Å². The molecule has 28 heavy (non-hydrogen) atoms. The van der Waals surface area contributed by atoms with E-state index in [2.05, 4.69) is 15.6 Å². The van der Waals surface area contributed by atoms with Crippen LogP contribution in [0.2, 0.25) is 0 Å². The van der Waals surface area contributed by atoms with Gasteiger partial charge in [-0.25, -0.2) is 4.39 Å². The predicted molar refractivity (Wildman–Crippen MR) is 100 cm³/mol. The molecule has 0 radical (unpaired) electrons. The summed E-state index contributed by atoms with van der Waals surface area (Å²) in [5, 5.41) is 5.86. The molecule has 0 amide bonds. The number of guanidine groups is 1. The lowest BCUT2D eigenvalue weighted by molar-refractivity contribution is -0.138. The highest BCUT2D eigenvalue weighted by Crippen LogP contribution is 2.32. The van der Waals surface area contributed by atoms with Crippen LogP contribution in [0, 0.1) is 5.82 Å². The molecule has 2 N–H and O–H groups in total. The molecule has 152 valence electrons. The largest absolute Gasteiger partial charge is 0.416 e. The van der Waals surface area contributed by atoms with Gasteiger partial charge >= 0.3 is 6.18 Å². The van der Waals surface area contributed by atoms with Crippen LogP contribution in [0.1, 0.15) is 29.2 Å². The van der Waals surface area contributed by atoms with Crippen molar-refractivity contribution in [1.29, 1.82) is 0 Å². The van der Waals surface area contributed by atoms with Gasteiger partial charge in [-0.1, -0.05) is 30.3 Å². The number of aliphatic imine (C=N–C) groups is 1. The molecule has 0 aliphatic heterocycles. The van der Waals surface area contributed by atoms with Gasteiger partial charge in [0.1, 0.15) is 5.82 Å². The summed E-state index contributed by atoms with van der Waals surface area (Å²) >= 11 is 0. The molecule has 0 saturated carbocycles. The SMILES string of the molecule is CCOCc1ccc(CNC(=NC)NCc2ccc(F)cc2C(F)(F)F)cc1. The lowest BCUT2D eigenvalue weighted by Crippen LogP contribution is -2.36. The van der Waals surface area contributed by atoms with Crippen molar-refractivity contribution >= 4 is 5.96 Å². The fraction of sp³-hybridized carbons (Fsp3) is 0.350. The highest BCUT2D eigenvalue weighted by molar-refractivity contribution is 5.79. The van der Waals surface area contributed by atoms with E-state index < -0.39 is 17.6 Å². The number of nitrogens with zero attached hydrogens (tertiary/aromatic N) is 1. The van der Waals surface area contributed by atoms with Crippen molar-refractivity contribution in [3.8, 4) is 0 Å². The van der Waals surface area contributed by atoms with Gasteiger partial charge in [-0.15, -0.1) is 0 Å². The number of hydrogen-bond acceptors (Lipinski definition) is 2. The maximum absolute atomic E-state index is 13.2. The van der Waals surface area contributed by atoms with Gasteiger partial charge in [0.25, 0.3) is 0 Å². The van der Waals surface area contributed by atoms with Gasteiger partial charge in [0.2, 0.25) is 0 Å². The zero-order valence-corrected chi connectivity index (χ0v) is 15.7. The molecule has 0 saturated heterocycles. The molecule has 0 spiro atoms. The first-order chi connectivity index (χ1) is 13.3. The summed E-state index contributed by atoms with van der Waals surface area (Å²) in [5.41, 5.74) is 0.988. The number of ether oxygens (including phenoxy) is 1. The van der Waals surface area contributed by atoms with E-state index >= 15 is 0 Å². The minimum Gasteiger partial charge on any atom is -0.377 e. The van der Waals surface area contributed by atoms with Gasteiger partial charge in [-0.3, -0.25) is 4.99 Å². The Morgan fingerprint density at radius 2 is 1.64 bits per heavy atom. The van der Waals surface area contributed by atoms with Crippen LogP contribution in [0.15, 0.2) is 47.5 Å². The molecular weight excluding hydrogens is 374 g/mol. The van der Waals surface area contributed by atoms with Crippen LogP contribution in [0.25, 0.3) is 0 Å². The average molecular weight is 397 g/mol. The first-order valence-corrected chi connectivity index (χ1v) is 8.79. The van der Waals surface area contributed by atoms with Crippen LogP contribution < -0.4 is 10.6 Å². The quantitative estimate of drug-likeness (QED) is 0.417. The molecular formula is C20H23F4N3O. The van der Waals surface area contributed by atoms with Gasteiger partial charge < -0.3 is 15.4 Å². The third-order valence-corrected chi connectivity index (χ3v) is 4.00. The molecule has 0 aromatic heterocycles. The summed E-state index contributed by atoms with van der Waals surface area (Å²) in [7, 11) is 1.52. The number of alkyl halides is 3. The monoisotopic (exact) mass is 397 g/mol. The molecule has 0 aliphatic rings. The Hall–Kier alpha value is -2.61. The summed E-state index contributed by atoms with van der Waals surface area (Å²) in [6, 6.07) is 10.4. The predicted octanol–water partition coefficient (Wildman–Crippen LogP) is 4.25. The van der Waals surface area contributed by atoms with Crippen LogP contribution in [0.5, 0.6) is 0 Å². The van der Waals surface area contributed by atoms with Crippen LogP contribution in [0.3, 0.4) is 0 Å². The molecule has 4 nitrogen and oxygen atoms in total. The van der Waals surface area contributed by atoms with Crippen molar-refractivity contribution < 1.29 is 22.3 Å². The highest BCUT2D eigenvalue weighted by Gasteiger charge is 2.33. The molecule has 0 heterocycles. The van der Waals surface area contributed by atoms with Crippen LogP contribution >= 0.6 is 0 Å². The molecule has 2 rings (SSSR count). The maximum Gasteiger partial charge on any atom is 0.416 e. The Morgan fingerprint density at radius 3 is 2.25 bits per heavy atom. The zero-order chi connectivity index (χ0) is 20.6. The Bertz CT molecular complexity index is 789. The zero-order valence-electron chi connectivity index (χ0n) is 15.7. The Balaban J connectivity index is 1.93. The Morgan fingerprint density at radius 1 is 1.00 bits per heavy atom. The van der Waals surface area contributed by atoms with Gasteiger partial charge in [0.15, 0.2) is 5.96 Å². The first-order valence-electron chi connectivity index (χ1n) is 8.79. The van der Waals surface area contributed by atoms with Crippen LogP contribution in [0.4, 0.5) is 17.6 Å². The fourth-order valence-electron chi connectivity index (χ4n) is 2.53. The topological polar surface area (TPSA) is 45.6 Å². The van der Waals surface area contributed by atoms with E-state index in [0.717, 1.165) is 23.3 Å². The minimum absolute atomic E-state index is 0.0582. The molecule has 0 atom stereocenters. The summed E-state index contributed by atoms with van der Waals surface area (Å²) in [6.45, 7) is 3.44. The number of benzene rings is 2. The summed E-state index contributed by atoms with van der Waals surface area (Å²) in [6.07, 6.45) is -4.63. The van der Waals surface area contributed by atoms with Gasteiger partial charge in [-0.05, 0) is 35.7 Å². The average Bonchev–Trinajstić information content (AvgIpc) is 2.67. The van der Waals surface area contributed by atoms with Crippen molar-refractivity contribution in [1.82, 2.24) is 10.6 Å². The number of hydrogen-bond donors (Lipinski definition) is 2. The molecule has 0 bridgehead atoms. The molecule has 2 aromatic rings. The molecule has 8 heteroatoms. The van der Waals surface area contributed by atoms with Gasteiger partial charge in [-0.2, -0.15) is 13.2 Å². The lowest BCUT2D eigenvalue weighted by atomic mass is 10.1. The van der Waals surface area contributed by atoms with E-state index in [-0.39, 0.29) is 12.1 Å². The second-order valence-electron chi connectivity index (χ2n) is 6.03. The highest BCUT2D eigenvalue weighted by atomic mass is 19.4. The van der Waals surface area contributed by atoms with E-state index in [0.29, 0.717) is 31.8 Å². The number of rotatable bonds is 7.